The SMILES string of the molecule is C=CCNC(=O)C(=O)C(CCCC)NC(=O)[C@@H]1C2[C@H](CN1C(=O)[C@@H](NC(=O)N[C@H](CN(C)S(=O)(=O)S(=O)(=O)N(C)C)C(C)(C)C)C1CCCCC1)C2(C)C. The van der Waals surface area contributed by atoms with Gasteiger partial charge in [-0.05, 0) is 47.8 Å². The molecule has 3 fully saturated rings. The molecule has 0 aromatic heterocycles. The van der Waals surface area contributed by atoms with Crippen molar-refractivity contribution in [1.29, 1.82) is 0 Å². The van der Waals surface area contributed by atoms with Crippen molar-refractivity contribution >= 4 is 47.6 Å². The van der Waals surface area contributed by atoms with Gasteiger partial charge >= 0.3 is 24.1 Å². The van der Waals surface area contributed by atoms with Gasteiger partial charge in [0.1, 0.15) is 12.1 Å². The van der Waals surface area contributed by atoms with Crippen LogP contribution < -0.4 is 21.3 Å². The molecule has 6 atom stereocenters. The molecule has 5 amide bonds. The Morgan fingerprint density at radius 1 is 0.944 bits per heavy atom. The minimum absolute atomic E-state index is 0.0138. The number of ketones is 1. The number of urea groups is 1. The number of fused-ring (bicyclic) bond motifs is 1. The minimum atomic E-state index is -4.83. The molecule has 1 heterocycles. The lowest BCUT2D eigenvalue weighted by molar-refractivity contribution is -0.144. The molecule has 16 nitrogen and oxygen atoms in total. The highest BCUT2D eigenvalue weighted by molar-refractivity contribution is 8.65. The molecule has 18 heteroatoms. The lowest BCUT2D eigenvalue weighted by atomic mass is 9.83. The molecule has 1 saturated heterocycles. The van der Waals surface area contributed by atoms with E-state index in [1.807, 2.05) is 20.8 Å². The van der Waals surface area contributed by atoms with Gasteiger partial charge in [-0.2, -0.15) is 25.4 Å². The van der Waals surface area contributed by atoms with Crippen LogP contribution in [-0.2, 0) is 37.3 Å². The van der Waals surface area contributed by atoms with E-state index in [-0.39, 0.29) is 49.2 Å². The average Bonchev–Trinajstić information content (AvgIpc) is 3.40. The zero-order valence-electron chi connectivity index (χ0n) is 33.4. The van der Waals surface area contributed by atoms with Crippen LogP contribution in [-0.4, -0.2) is 125 Å². The van der Waals surface area contributed by atoms with Gasteiger partial charge in [0.2, 0.25) is 17.6 Å². The van der Waals surface area contributed by atoms with Gasteiger partial charge in [-0.1, -0.05) is 79.7 Å². The Labute approximate surface area is 321 Å². The summed E-state index contributed by atoms with van der Waals surface area (Å²) in [5.41, 5.74) is -0.993. The van der Waals surface area contributed by atoms with E-state index in [1.165, 1.54) is 11.0 Å². The van der Waals surface area contributed by atoms with Gasteiger partial charge in [0.25, 0.3) is 5.91 Å². The fraction of sp³-hybridized carbons (Fsp3) is 0.806. The summed E-state index contributed by atoms with van der Waals surface area (Å²) in [7, 11) is -6.20. The third kappa shape index (κ3) is 10.0. The smallest absolute Gasteiger partial charge is 0.333 e. The summed E-state index contributed by atoms with van der Waals surface area (Å²) in [5.74, 6) is -2.97. The highest BCUT2D eigenvalue weighted by Crippen LogP contribution is 2.65. The number of likely N-dealkylation sites (N-methyl/N-ethyl adjacent to an activating group) is 1. The van der Waals surface area contributed by atoms with Gasteiger partial charge < -0.3 is 26.2 Å². The van der Waals surface area contributed by atoms with Crippen LogP contribution in [0, 0.1) is 28.6 Å². The van der Waals surface area contributed by atoms with Gasteiger partial charge in [-0.25, -0.2) is 4.79 Å². The van der Waals surface area contributed by atoms with E-state index < -0.39 is 77.2 Å². The second kappa shape index (κ2) is 17.8. The fourth-order valence-corrected chi connectivity index (χ4v) is 11.1. The molecule has 0 aromatic carbocycles. The number of carbonyl (C=O) groups excluding carboxylic acids is 5. The van der Waals surface area contributed by atoms with Crippen molar-refractivity contribution in [3.05, 3.63) is 12.7 Å². The summed E-state index contributed by atoms with van der Waals surface area (Å²) in [6.07, 6.45) is 7.02. The van der Waals surface area contributed by atoms with Gasteiger partial charge in [0.15, 0.2) is 0 Å². The topological polar surface area (TPSA) is 211 Å². The summed E-state index contributed by atoms with van der Waals surface area (Å²) in [6, 6.07) is -4.64. The van der Waals surface area contributed by atoms with Gasteiger partial charge in [-0.3, -0.25) is 19.2 Å². The predicted octanol–water partition coefficient (Wildman–Crippen LogP) is 1.75. The summed E-state index contributed by atoms with van der Waals surface area (Å²) in [5, 5.41) is 11.0. The Bertz CT molecular complexity index is 1640. The van der Waals surface area contributed by atoms with E-state index in [9.17, 15) is 40.8 Å². The second-order valence-electron chi connectivity index (χ2n) is 16.8. The molecule has 2 saturated carbocycles. The van der Waals surface area contributed by atoms with Crippen LogP contribution in [0.3, 0.4) is 0 Å². The first-order valence-electron chi connectivity index (χ1n) is 18.9. The van der Waals surface area contributed by atoms with Crippen LogP contribution in [0.4, 0.5) is 4.79 Å². The van der Waals surface area contributed by atoms with Crippen molar-refractivity contribution in [2.24, 2.45) is 28.6 Å². The first kappa shape index (κ1) is 45.3. The largest absolute Gasteiger partial charge is 0.346 e. The molecule has 0 bridgehead atoms. The highest BCUT2D eigenvalue weighted by atomic mass is 33.2. The number of nitrogens with one attached hydrogen (secondary N) is 4. The van der Waals surface area contributed by atoms with E-state index in [1.54, 1.807) is 20.8 Å². The molecule has 3 rings (SSSR count). The number of Topliss-reactive ketones (excluding diaryl/α,β-unsaturated/α-hetero) is 1. The number of hydrogen-bond donors (Lipinski definition) is 4. The molecule has 4 N–H and O–H groups in total. The Kier molecular flexibility index (Phi) is 14.9. The molecule has 2 aliphatic carbocycles. The number of nitrogens with zero attached hydrogens (tertiary/aromatic N) is 3. The van der Waals surface area contributed by atoms with Crippen molar-refractivity contribution in [2.45, 2.75) is 117 Å². The number of amides is 5. The normalized spacial score (nSPS) is 23.2. The van der Waals surface area contributed by atoms with E-state index >= 15 is 0 Å². The molecule has 0 aromatic rings. The molecule has 0 radical (unpaired) electrons. The van der Waals surface area contributed by atoms with Gasteiger partial charge in [-0.15, -0.1) is 6.58 Å². The third-order valence-corrected chi connectivity index (χ3v) is 17.0. The molecule has 0 spiro atoms. The molecule has 3 aliphatic rings. The van der Waals surface area contributed by atoms with Crippen molar-refractivity contribution in [1.82, 2.24) is 34.8 Å². The van der Waals surface area contributed by atoms with Gasteiger partial charge in [0.05, 0.1) is 6.04 Å². The third-order valence-electron chi connectivity index (χ3n) is 11.4. The number of likely N-dealkylation sites (tertiary alicyclic amines) is 1. The lowest BCUT2D eigenvalue weighted by Gasteiger charge is -2.38. The zero-order valence-corrected chi connectivity index (χ0v) is 35.1. The van der Waals surface area contributed by atoms with Crippen LogP contribution in [0.15, 0.2) is 12.7 Å². The Morgan fingerprint density at radius 3 is 2.09 bits per heavy atom. The van der Waals surface area contributed by atoms with Crippen molar-refractivity contribution < 1.29 is 40.8 Å². The average molecular weight is 802 g/mol. The van der Waals surface area contributed by atoms with Gasteiger partial charge in [0, 0.05) is 46.8 Å². The van der Waals surface area contributed by atoms with Crippen LogP contribution in [0.5, 0.6) is 0 Å². The van der Waals surface area contributed by atoms with E-state index in [0.717, 1.165) is 46.8 Å². The summed E-state index contributed by atoms with van der Waals surface area (Å²) >= 11 is 0. The van der Waals surface area contributed by atoms with E-state index in [2.05, 4.69) is 27.8 Å². The number of piperidine rings is 1. The molecule has 2 unspecified atom stereocenters. The van der Waals surface area contributed by atoms with Crippen LogP contribution in [0.25, 0.3) is 0 Å². The van der Waals surface area contributed by atoms with E-state index in [0.29, 0.717) is 27.9 Å². The Balaban J connectivity index is 1.89. The maximum atomic E-state index is 14.7. The monoisotopic (exact) mass is 801 g/mol. The Hall–Kier alpha value is -3.09. The van der Waals surface area contributed by atoms with E-state index in [4.69, 9.17) is 0 Å². The first-order valence-corrected chi connectivity index (χ1v) is 22.3. The lowest BCUT2D eigenvalue weighted by Crippen LogP contribution is -2.62. The standard InChI is InChI=1S/C36H63N7O9S2/c1-11-13-19-25(30(44)32(46)37-20-12-2)38-31(45)29-27-24(36(27,6)7)21-43(29)33(47)28(23-17-15-14-16-18-23)40-34(48)39-26(35(3,4)5)22-42(10)54(51,52)53(49,50)41(8)9/h12,23-29H,2,11,13-22H2,1,3-10H3,(H,37,46)(H,38,45)(H2,39,40,48)/t24-,25?,26+,27?,28-,29-/m0/s1. The predicted molar refractivity (Wildman–Crippen MR) is 205 cm³/mol. The number of unbranched alkanes of at least 4 members (excludes halogenated alkanes) is 1. The summed E-state index contributed by atoms with van der Waals surface area (Å²) in [4.78, 5) is 69.9. The molecular formula is C36H63N7O9S2. The van der Waals surface area contributed by atoms with Crippen LogP contribution >= 0.6 is 0 Å². The van der Waals surface area contributed by atoms with Crippen molar-refractivity contribution in [2.75, 3.05) is 40.8 Å². The second-order valence-corrected chi connectivity index (χ2v) is 22.4. The molecule has 54 heavy (non-hydrogen) atoms. The maximum Gasteiger partial charge on any atom is 0.333 e. The maximum absolute atomic E-state index is 14.7. The van der Waals surface area contributed by atoms with Crippen molar-refractivity contribution in [3.63, 3.8) is 0 Å². The highest BCUT2D eigenvalue weighted by Gasteiger charge is 2.69. The minimum Gasteiger partial charge on any atom is -0.346 e. The fourth-order valence-electron chi connectivity index (χ4n) is 7.76. The summed E-state index contributed by atoms with van der Waals surface area (Å²) in [6.45, 7) is 14.9. The van der Waals surface area contributed by atoms with Crippen LogP contribution in [0.1, 0.15) is 92.9 Å². The summed E-state index contributed by atoms with van der Waals surface area (Å²) < 4.78 is 52.5. The molecule has 1 aliphatic heterocycles. The van der Waals surface area contributed by atoms with Crippen molar-refractivity contribution in [3.8, 4) is 0 Å². The Morgan fingerprint density at radius 2 is 1.56 bits per heavy atom. The van der Waals surface area contributed by atoms with Crippen LogP contribution in [0.2, 0.25) is 0 Å². The number of rotatable bonds is 18. The zero-order chi connectivity index (χ0) is 41.0. The number of hydrogen-bond acceptors (Lipinski definition) is 9. The quantitative estimate of drug-likeness (QED) is 0.0903. The number of carbonyl (C=O) groups is 5. The molecular weight excluding hydrogens is 739 g/mol. The molecule has 308 valence electrons. The first-order chi connectivity index (χ1) is 24.9.